The summed E-state index contributed by atoms with van der Waals surface area (Å²) in [6, 6.07) is 34.2. The van der Waals surface area contributed by atoms with Gasteiger partial charge in [0.15, 0.2) is 17.6 Å². The van der Waals surface area contributed by atoms with Gasteiger partial charge in [-0.3, -0.25) is 4.79 Å². The summed E-state index contributed by atoms with van der Waals surface area (Å²) in [4.78, 5) is 29.4. The second kappa shape index (κ2) is 16.6. The van der Waals surface area contributed by atoms with Gasteiger partial charge < -0.3 is 29.7 Å². The van der Waals surface area contributed by atoms with Crippen molar-refractivity contribution in [2.45, 2.75) is 84.3 Å². The molecule has 0 saturated carbocycles. The molecule has 2 aliphatic rings. The number of amides is 3. The van der Waals surface area contributed by atoms with Crippen molar-refractivity contribution in [2.75, 3.05) is 6.61 Å². The van der Waals surface area contributed by atoms with E-state index in [1.807, 2.05) is 126 Å². The molecular weight excluding hydrogens is 736 g/mol. The minimum Gasteiger partial charge on any atom is -0.489 e. The number of nitriles is 1. The predicted molar refractivity (Wildman–Crippen MR) is 221 cm³/mol. The van der Waals surface area contributed by atoms with Crippen LogP contribution in [0.5, 0.6) is 17.2 Å². The average Bonchev–Trinajstić information content (AvgIpc) is 3.19. The molecule has 1 unspecified atom stereocenters. The maximum Gasteiger partial charge on any atom is 0.318 e. The number of ether oxygens (including phenoxy) is 3. The molecule has 2 aliphatic heterocycles. The molecule has 5 aromatic rings. The lowest BCUT2D eigenvalue weighted by molar-refractivity contribution is -0.126. The Morgan fingerprint density at radius 1 is 0.912 bits per heavy atom. The smallest absolute Gasteiger partial charge is 0.318 e. The first-order valence-corrected chi connectivity index (χ1v) is 19.6. The lowest BCUT2D eigenvalue weighted by atomic mass is 9.92. The number of rotatable bonds is 9. The van der Waals surface area contributed by atoms with E-state index in [2.05, 4.69) is 28.8 Å². The van der Waals surface area contributed by atoms with Gasteiger partial charge >= 0.3 is 6.03 Å². The lowest BCUT2D eigenvalue weighted by Crippen LogP contribution is -2.58. The minimum atomic E-state index is -0.721. The molecule has 292 valence electrons. The van der Waals surface area contributed by atoms with E-state index in [1.54, 1.807) is 4.90 Å². The van der Waals surface area contributed by atoms with Gasteiger partial charge in [0.1, 0.15) is 25.0 Å². The van der Waals surface area contributed by atoms with Crippen molar-refractivity contribution in [3.05, 3.63) is 147 Å². The third kappa shape index (κ3) is 9.53. The average molecular weight is 783 g/mol. The molecule has 3 atom stereocenters. The van der Waals surface area contributed by atoms with Crippen molar-refractivity contribution >= 4 is 23.5 Å². The van der Waals surface area contributed by atoms with Gasteiger partial charge in [-0.25, -0.2) is 4.79 Å². The van der Waals surface area contributed by atoms with Crippen molar-refractivity contribution in [2.24, 2.45) is 0 Å². The SMILES string of the molecule is Cc1cc(COc2ccc(C3COc4cc5c(cc4O3)CN(C(=O)NC(C)(C)C)[C@H](C(=O)N[C@H](C)Cc3ccc(-c4ccc(C#N)cc4)cc3)C5)cc2)ccc1Cl. The van der Waals surface area contributed by atoms with Gasteiger partial charge in [-0.05, 0) is 128 Å². The quantitative estimate of drug-likeness (QED) is 0.154. The first-order chi connectivity index (χ1) is 27.3. The van der Waals surface area contributed by atoms with Crippen molar-refractivity contribution in [1.82, 2.24) is 15.5 Å². The van der Waals surface area contributed by atoms with Crippen molar-refractivity contribution in [3.63, 3.8) is 0 Å². The normalized spacial score (nSPS) is 16.5. The van der Waals surface area contributed by atoms with Crippen molar-refractivity contribution < 1.29 is 23.8 Å². The Morgan fingerprint density at radius 2 is 1.58 bits per heavy atom. The molecule has 10 heteroatoms. The largest absolute Gasteiger partial charge is 0.489 e. The number of carbonyl (C=O) groups excluding carboxylic acids is 2. The first kappa shape index (κ1) is 39.3. The topological polar surface area (TPSA) is 113 Å². The molecule has 9 nitrogen and oxygen atoms in total. The van der Waals surface area contributed by atoms with Gasteiger partial charge in [-0.1, -0.05) is 72.3 Å². The molecule has 2 N–H and O–H groups in total. The fraction of sp³-hybridized carbons (Fsp3) is 0.298. The minimum absolute atomic E-state index is 0.183. The summed E-state index contributed by atoms with van der Waals surface area (Å²) in [6.45, 7) is 10.7. The van der Waals surface area contributed by atoms with Gasteiger partial charge in [-0.2, -0.15) is 5.26 Å². The number of benzene rings is 5. The summed E-state index contributed by atoms with van der Waals surface area (Å²) in [5.41, 5.74) is 8.14. The molecule has 0 spiro atoms. The molecule has 5 aromatic carbocycles. The number of fused-ring (bicyclic) bond motifs is 2. The van der Waals surface area contributed by atoms with E-state index in [1.165, 1.54) is 0 Å². The Hall–Kier alpha value is -5.98. The summed E-state index contributed by atoms with van der Waals surface area (Å²) < 4.78 is 18.8. The summed E-state index contributed by atoms with van der Waals surface area (Å²) in [6.07, 6.45) is 0.622. The second-order valence-corrected chi connectivity index (χ2v) is 16.4. The number of hydrogen-bond donors (Lipinski definition) is 2. The van der Waals surface area contributed by atoms with Crippen LogP contribution in [-0.2, 0) is 30.8 Å². The van der Waals surface area contributed by atoms with E-state index >= 15 is 0 Å². The number of nitrogens with zero attached hydrogens (tertiary/aromatic N) is 2. The van der Waals surface area contributed by atoms with Crippen LogP contribution in [0.25, 0.3) is 11.1 Å². The van der Waals surface area contributed by atoms with Gasteiger partial charge in [0.2, 0.25) is 5.91 Å². The summed E-state index contributed by atoms with van der Waals surface area (Å²) >= 11 is 6.17. The van der Waals surface area contributed by atoms with Crippen LogP contribution in [0.2, 0.25) is 5.02 Å². The Kier molecular flexibility index (Phi) is 11.5. The van der Waals surface area contributed by atoms with Crippen LogP contribution in [-0.4, -0.2) is 41.1 Å². The number of aryl methyl sites for hydroxylation is 1. The second-order valence-electron chi connectivity index (χ2n) is 16.0. The zero-order valence-electron chi connectivity index (χ0n) is 32.9. The fourth-order valence-corrected chi connectivity index (χ4v) is 7.33. The highest BCUT2D eigenvalue weighted by Crippen LogP contribution is 2.41. The molecule has 0 fully saturated rings. The molecular formula is C47H47ClN4O5. The molecule has 2 heterocycles. The van der Waals surface area contributed by atoms with Gasteiger partial charge in [-0.15, -0.1) is 0 Å². The number of halogens is 1. The summed E-state index contributed by atoms with van der Waals surface area (Å²) in [5, 5.41) is 16.1. The fourth-order valence-electron chi connectivity index (χ4n) is 7.21. The molecule has 7 rings (SSSR count). The predicted octanol–water partition coefficient (Wildman–Crippen LogP) is 9.26. The monoisotopic (exact) mass is 782 g/mol. The maximum atomic E-state index is 14.0. The summed E-state index contributed by atoms with van der Waals surface area (Å²) in [7, 11) is 0. The van der Waals surface area contributed by atoms with Crippen LogP contribution in [0.1, 0.15) is 72.7 Å². The molecule has 0 aliphatic carbocycles. The number of urea groups is 1. The van der Waals surface area contributed by atoms with Crippen molar-refractivity contribution in [3.8, 4) is 34.4 Å². The zero-order valence-corrected chi connectivity index (χ0v) is 33.7. The van der Waals surface area contributed by atoms with Crippen LogP contribution < -0.4 is 24.8 Å². The van der Waals surface area contributed by atoms with E-state index in [9.17, 15) is 9.59 Å². The lowest BCUT2D eigenvalue weighted by Gasteiger charge is -2.39. The molecule has 0 bridgehead atoms. The Morgan fingerprint density at radius 3 is 2.25 bits per heavy atom. The molecule has 3 amide bonds. The van der Waals surface area contributed by atoms with E-state index in [4.69, 9.17) is 31.1 Å². The van der Waals surface area contributed by atoms with Gasteiger partial charge in [0.05, 0.1) is 11.6 Å². The summed E-state index contributed by atoms with van der Waals surface area (Å²) in [5.74, 6) is 1.75. The molecule has 57 heavy (non-hydrogen) atoms. The Bertz CT molecular complexity index is 2300. The van der Waals surface area contributed by atoms with E-state index in [-0.39, 0.29) is 30.6 Å². The van der Waals surface area contributed by atoms with Gasteiger partial charge in [0, 0.05) is 29.6 Å². The van der Waals surface area contributed by atoms with E-state index in [0.717, 1.165) is 55.3 Å². The van der Waals surface area contributed by atoms with Crippen molar-refractivity contribution in [1.29, 1.82) is 5.26 Å². The third-order valence-corrected chi connectivity index (χ3v) is 10.6. The highest BCUT2D eigenvalue weighted by molar-refractivity contribution is 6.31. The first-order valence-electron chi connectivity index (χ1n) is 19.2. The highest BCUT2D eigenvalue weighted by atomic mass is 35.5. The standard InChI is InChI=1S/C47H47ClN4O5/c1-29-20-33(10-19-40(29)48)27-55-39-17-15-36(16-18-39)44-28-56-42-23-37-22-41(52(46(54)51-47(3,4)5)26-38(37)24-43(42)57-44)45(53)50-30(2)21-31-6-11-34(12-7-31)35-13-8-32(25-49)9-14-35/h6-20,23-24,30,41,44H,21-22,26-28H2,1-5H3,(H,50,53)(H,51,54)/t30-,41+,44?/m1/s1. The number of hydrogen-bond acceptors (Lipinski definition) is 6. The molecule has 0 saturated heterocycles. The Balaban J connectivity index is 1.01. The number of nitrogens with one attached hydrogen (secondary N) is 2. The van der Waals surface area contributed by atoms with E-state index < -0.39 is 11.6 Å². The van der Waals surface area contributed by atoms with Crippen LogP contribution in [0, 0.1) is 18.3 Å². The Labute approximate surface area is 339 Å². The zero-order chi connectivity index (χ0) is 40.3. The van der Waals surface area contributed by atoms with Crippen LogP contribution in [0.15, 0.2) is 103 Å². The highest BCUT2D eigenvalue weighted by Gasteiger charge is 2.38. The van der Waals surface area contributed by atoms with Gasteiger partial charge in [0.25, 0.3) is 0 Å². The van der Waals surface area contributed by atoms with Crippen LogP contribution in [0.3, 0.4) is 0 Å². The molecule has 0 radical (unpaired) electrons. The van der Waals surface area contributed by atoms with Crippen LogP contribution in [0.4, 0.5) is 4.79 Å². The van der Waals surface area contributed by atoms with Crippen LogP contribution >= 0.6 is 11.6 Å². The number of carbonyl (C=O) groups is 2. The maximum absolute atomic E-state index is 14.0. The molecule has 0 aromatic heterocycles. The van der Waals surface area contributed by atoms with E-state index in [0.29, 0.717) is 43.1 Å². The third-order valence-electron chi connectivity index (χ3n) is 10.2.